The molecule has 1 N–H and O–H groups in total. The van der Waals surface area contributed by atoms with E-state index >= 15 is 0 Å². The molecule has 0 spiro atoms. The number of nitrogens with zero attached hydrogens (tertiary/aromatic N) is 2. The first-order valence-electron chi connectivity index (χ1n) is 5.78. The molecular formula is C12H19BrClN3. The standard InChI is InChI=1S/C12H18BrN3.ClH/c1-14-11-3-2-6-16(9-11)8-10-4-5-15-12(13)7-10;/h4-5,7,11,14H,2-3,6,8-9H2,1H3;1H. The van der Waals surface area contributed by atoms with Gasteiger partial charge in [-0.25, -0.2) is 4.98 Å². The second kappa shape index (κ2) is 7.31. The molecule has 1 aliphatic rings. The maximum absolute atomic E-state index is 4.15. The summed E-state index contributed by atoms with van der Waals surface area (Å²) in [6.07, 6.45) is 4.45. The van der Waals surface area contributed by atoms with Crippen molar-refractivity contribution >= 4 is 28.3 Å². The number of hydrogen-bond acceptors (Lipinski definition) is 3. The van der Waals surface area contributed by atoms with Gasteiger partial charge in [0, 0.05) is 25.3 Å². The van der Waals surface area contributed by atoms with E-state index in [1.807, 2.05) is 6.20 Å². The van der Waals surface area contributed by atoms with Gasteiger partial charge in [-0.05, 0) is 60.1 Å². The van der Waals surface area contributed by atoms with Crippen LogP contribution in [0, 0.1) is 0 Å². The van der Waals surface area contributed by atoms with E-state index in [0.29, 0.717) is 6.04 Å². The van der Waals surface area contributed by atoms with Gasteiger partial charge in [0.25, 0.3) is 0 Å². The fraction of sp³-hybridized carbons (Fsp3) is 0.583. The van der Waals surface area contributed by atoms with E-state index in [0.717, 1.165) is 17.7 Å². The highest BCUT2D eigenvalue weighted by Gasteiger charge is 2.18. The fourth-order valence-electron chi connectivity index (χ4n) is 2.23. The highest BCUT2D eigenvalue weighted by atomic mass is 79.9. The Kier molecular flexibility index (Phi) is 6.41. The SMILES string of the molecule is CNC1CCCN(Cc2ccnc(Br)c2)C1.Cl. The van der Waals surface area contributed by atoms with E-state index in [2.05, 4.69) is 50.3 Å². The van der Waals surface area contributed by atoms with Crippen LogP contribution >= 0.6 is 28.3 Å². The van der Waals surface area contributed by atoms with Crippen molar-refractivity contribution in [2.45, 2.75) is 25.4 Å². The lowest BCUT2D eigenvalue weighted by molar-refractivity contribution is 0.188. The number of likely N-dealkylation sites (tertiary alicyclic amines) is 1. The smallest absolute Gasteiger partial charge is 0.106 e. The molecule has 1 aromatic rings. The molecule has 2 rings (SSSR count). The van der Waals surface area contributed by atoms with Gasteiger partial charge in [0.05, 0.1) is 0 Å². The summed E-state index contributed by atoms with van der Waals surface area (Å²) < 4.78 is 0.923. The average molecular weight is 321 g/mol. The zero-order valence-corrected chi connectivity index (χ0v) is 12.4. The molecule has 1 saturated heterocycles. The largest absolute Gasteiger partial charge is 0.316 e. The molecule has 1 aromatic heterocycles. The fourth-order valence-corrected chi connectivity index (χ4v) is 2.65. The average Bonchev–Trinajstić information content (AvgIpc) is 2.29. The molecule has 1 unspecified atom stereocenters. The van der Waals surface area contributed by atoms with Crippen LogP contribution < -0.4 is 5.32 Å². The molecule has 0 saturated carbocycles. The monoisotopic (exact) mass is 319 g/mol. The van der Waals surface area contributed by atoms with Crippen molar-refractivity contribution in [1.82, 2.24) is 15.2 Å². The molecule has 1 atom stereocenters. The van der Waals surface area contributed by atoms with Crippen molar-refractivity contribution in [3.8, 4) is 0 Å². The van der Waals surface area contributed by atoms with E-state index in [-0.39, 0.29) is 12.4 Å². The first-order valence-corrected chi connectivity index (χ1v) is 6.57. The van der Waals surface area contributed by atoms with Crippen molar-refractivity contribution in [2.75, 3.05) is 20.1 Å². The van der Waals surface area contributed by atoms with Crippen LogP contribution in [0.1, 0.15) is 18.4 Å². The topological polar surface area (TPSA) is 28.2 Å². The Morgan fingerprint density at radius 1 is 1.59 bits per heavy atom. The number of halogens is 2. The van der Waals surface area contributed by atoms with Gasteiger partial charge in [0.1, 0.15) is 4.60 Å². The lowest BCUT2D eigenvalue weighted by Gasteiger charge is -2.32. The van der Waals surface area contributed by atoms with E-state index in [9.17, 15) is 0 Å². The molecule has 3 nitrogen and oxygen atoms in total. The molecule has 17 heavy (non-hydrogen) atoms. The van der Waals surface area contributed by atoms with Crippen molar-refractivity contribution in [1.29, 1.82) is 0 Å². The highest BCUT2D eigenvalue weighted by Crippen LogP contribution is 2.15. The molecule has 1 aliphatic heterocycles. The van der Waals surface area contributed by atoms with Crippen molar-refractivity contribution < 1.29 is 0 Å². The second-order valence-corrected chi connectivity index (χ2v) is 5.16. The molecule has 0 amide bonds. The first-order chi connectivity index (χ1) is 7.78. The Labute approximate surface area is 118 Å². The van der Waals surface area contributed by atoms with Crippen LogP contribution in [-0.4, -0.2) is 36.1 Å². The number of aromatic nitrogens is 1. The van der Waals surface area contributed by atoms with Crippen molar-refractivity contribution in [3.63, 3.8) is 0 Å². The number of piperidine rings is 1. The quantitative estimate of drug-likeness (QED) is 0.867. The maximum atomic E-state index is 4.15. The molecule has 0 aromatic carbocycles. The minimum Gasteiger partial charge on any atom is -0.316 e. The normalized spacial score (nSPS) is 20.9. The first kappa shape index (κ1) is 14.9. The Bertz CT molecular complexity index is 348. The van der Waals surface area contributed by atoms with Crippen LogP contribution in [0.15, 0.2) is 22.9 Å². The van der Waals surface area contributed by atoms with Gasteiger partial charge in [0.2, 0.25) is 0 Å². The molecule has 0 radical (unpaired) electrons. The third kappa shape index (κ3) is 4.54. The molecule has 0 aliphatic carbocycles. The minimum absolute atomic E-state index is 0. The summed E-state index contributed by atoms with van der Waals surface area (Å²) in [6.45, 7) is 3.38. The van der Waals surface area contributed by atoms with E-state index < -0.39 is 0 Å². The van der Waals surface area contributed by atoms with Gasteiger partial charge in [-0.1, -0.05) is 0 Å². The van der Waals surface area contributed by atoms with Gasteiger partial charge in [-0.2, -0.15) is 0 Å². The van der Waals surface area contributed by atoms with Crippen LogP contribution in [-0.2, 0) is 6.54 Å². The van der Waals surface area contributed by atoms with E-state index in [1.54, 1.807) is 0 Å². The molecule has 2 heterocycles. The summed E-state index contributed by atoms with van der Waals surface area (Å²) in [5.74, 6) is 0. The lowest BCUT2D eigenvalue weighted by Crippen LogP contribution is -2.43. The molecule has 1 fully saturated rings. The Morgan fingerprint density at radius 3 is 3.12 bits per heavy atom. The second-order valence-electron chi connectivity index (χ2n) is 4.35. The van der Waals surface area contributed by atoms with E-state index in [1.165, 1.54) is 24.9 Å². The van der Waals surface area contributed by atoms with Gasteiger partial charge < -0.3 is 5.32 Å². The predicted octanol–water partition coefficient (Wildman–Crippen LogP) is 2.45. The number of nitrogens with one attached hydrogen (secondary N) is 1. The van der Waals surface area contributed by atoms with Crippen molar-refractivity contribution in [3.05, 3.63) is 28.5 Å². The molecular weight excluding hydrogens is 302 g/mol. The summed E-state index contributed by atoms with van der Waals surface area (Å²) in [6, 6.07) is 4.84. The summed E-state index contributed by atoms with van der Waals surface area (Å²) in [4.78, 5) is 6.66. The van der Waals surface area contributed by atoms with Gasteiger partial charge in [-0.15, -0.1) is 12.4 Å². The van der Waals surface area contributed by atoms with Crippen molar-refractivity contribution in [2.24, 2.45) is 0 Å². The summed E-state index contributed by atoms with van der Waals surface area (Å²) >= 11 is 3.41. The zero-order valence-electron chi connectivity index (χ0n) is 10.0. The van der Waals surface area contributed by atoms with Gasteiger partial charge in [0.15, 0.2) is 0 Å². The maximum Gasteiger partial charge on any atom is 0.106 e. The van der Waals surface area contributed by atoms with Gasteiger partial charge >= 0.3 is 0 Å². The number of pyridine rings is 1. The van der Waals surface area contributed by atoms with Gasteiger partial charge in [-0.3, -0.25) is 4.90 Å². The van der Waals surface area contributed by atoms with Crippen LogP contribution in [0.4, 0.5) is 0 Å². The van der Waals surface area contributed by atoms with E-state index in [4.69, 9.17) is 0 Å². The van der Waals surface area contributed by atoms with Crippen LogP contribution in [0.2, 0.25) is 0 Å². The Hall–Kier alpha value is -0.160. The Balaban J connectivity index is 0.00000144. The van der Waals surface area contributed by atoms with Crippen LogP contribution in [0.5, 0.6) is 0 Å². The van der Waals surface area contributed by atoms with Crippen LogP contribution in [0.25, 0.3) is 0 Å². The third-order valence-electron chi connectivity index (χ3n) is 3.11. The number of hydrogen-bond donors (Lipinski definition) is 1. The molecule has 0 bridgehead atoms. The minimum atomic E-state index is 0. The Morgan fingerprint density at radius 2 is 2.41 bits per heavy atom. The molecule has 96 valence electrons. The zero-order chi connectivity index (χ0) is 11.4. The predicted molar refractivity (Wildman–Crippen MR) is 76.5 cm³/mol. The number of likely N-dealkylation sites (N-methyl/N-ethyl adjacent to an activating group) is 1. The lowest BCUT2D eigenvalue weighted by atomic mass is 10.1. The summed E-state index contributed by atoms with van der Waals surface area (Å²) in [5.41, 5.74) is 1.33. The highest BCUT2D eigenvalue weighted by molar-refractivity contribution is 9.10. The van der Waals surface area contributed by atoms with Crippen LogP contribution in [0.3, 0.4) is 0 Å². The molecule has 5 heteroatoms. The summed E-state index contributed by atoms with van der Waals surface area (Å²) in [5, 5.41) is 3.37. The number of rotatable bonds is 3. The third-order valence-corrected chi connectivity index (χ3v) is 3.54. The summed E-state index contributed by atoms with van der Waals surface area (Å²) in [7, 11) is 2.05.